The van der Waals surface area contributed by atoms with E-state index in [-0.39, 0.29) is 11.3 Å². The van der Waals surface area contributed by atoms with E-state index in [1.165, 1.54) is 28.5 Å². The molecular formula is C21H23F2NO3S. The molecule has 1 aromatic carbocycles. The molecular weight excluding hydrogens is 384 g/mol. The normalized spacial score (nSPS) is 15.6. The Labute approximate surface area is 166 Å². The number of rotatable bonds is 8. The predicted octanol–water partition coefficient (Wildman–Crippen LogP) is 5.04. The number of hydrogen-bond acceptors (Lipinski definition) is 3. The van der Waals surface area contributed by atoms with Gasteiger partial charge >= 0.3 is 5.97 Å². The first-order valence-corrected chi connectivity index (χ1v) is 10.5. The van der Waals surface area contributed by atoms with Crippen molar-refractivity contribution in [2.45, 2.75) is 56.5 Å². The highest BCUT2D eigenvalue weighted by atomic mass is 32.2. The molecule has 0 amide bonds. The van der Waals surface area contributed by atoms with Gasteiger partial charge in [0.05, 0.1) is 5.03 Å². The first-order chi connectivity index (χ1) is 13.4. The number of carbonyl (C=O) groups is 1. The summed E-state index contributed by atoms with van der Waals surface area (Å²) >= 11 is 1.28. The fraction of sp³-hybridized carbons (Fsp3) is 0.429. The lowest BCUT2D eigenvalue weighted by Crippen LogP contribution is -2.29. The number of carboxylic acid groups (broad SMARTS) is 1. The van der Waals surface area contributed by atoms with E-state index in [0.717, 1.165) is 49.8 Å². The first kappa shape index (κ1) is 20.6. The van der Waals surface area contributed by atoms with Crippen LogP contribution in [0.3, 0.4) is 0 Å². The molecule has 1 aliphatic rings. The van der Waals surface area contributed by atoms with Crippen molar-refractivity contribution in [3.05, 3.63) is 51.8 Å². The molecule has 28 heavy (non-hydrogen) atoms. The van der Waals surface area contributed by atoms with E-state index < -0.39 is 23.6 Å². The largest absolute Gasteiger partial charge is 0.480 e. The Morgan fingerprint density at radius 3 is 2.61 bits per heavy atom. The summed E-state index contributed by atoms with van der Waals surface area (Å²) in [6.07, 6.45) is 5.93. The third-order valence-electron chi connectivity index (χ3n) is 5.02. The summed E-state index contributed by atoms with van der Waals surface area (Å²) in [7, 11) is 0. The minimum atomic E-state index is -1.07. The zero-order chi connectivity index (χ0) is 20.3. The molecule has 0 saturated carbocycles. The number of fused-ring (bicyclic) bond motifs is 1. The maximum atomic E-state index is 13.9. The summed E-state index contributed by atoms with van der Waals surface area (Å²) in [5, 5.41) is 9.96. The van der Waals surface area contributed by atoms with Crippen molar-refractivity contribution < 1.29 is 18.7 Å². The third-order valence-corrected chi connectivity index (χ3v) is 6.18. The topological polar surface area (TPSA) is 59.3 Å². The van der Waals surface area contributed by atoms with Crippen LogP contribution >= 0.6 is 11.8 Å². The maximum Gasteiger partial charge on any atom is 0.327 e. The van der Waals surface area contributed by atoms with E-state index in [2.05, 4.69) is 6.92 Å². The minimum Gasteiger partial charge on any atom is -0.480 e. The van der Waals surface area contributed by atoms with E-state index >= 15 is 0 Å². The summed E-state index contributed by atoms with van der Waals surface area (Å²) in [5.74, 6) is -2.74. The molecule has 7 heteroatoms. The minimum absolute atomic E-state index is 0.237. The van der Waals surface area contributed by atoms with Gasteiger partial charge in [0.2, 0.25) is 0 Å². The highest BCUT2D eigenvalue weighted by Gasteiger charge is 2.33. The number of aryl methyl sites for hydroxylation is 1. The summed E-state index contributed by atoms with van der Waals surface area (Å²) in [6, 6.07) is 4.17. The molecule has 0 aliphatic carbocycles. The molecule has 0 radical (unpaired) electrons. The molecule has 0 bridgehead atoms. The van der Waals surface area contributed by atoms with Gasteiger partial charge in [-0.2, -0.15) is 0 Å². The number of aliphatic carboxylic acids is 1. The van der Waals surface area contributed by atoms with Crippen LogP contribution in [0.25, 0.3) is 11.1 Å². The lowest BCUT2D eigenvalue weighted by atomic mass is 9.96. The van der Waals surface area contributed by atoms with Crippen LogP contribution in [0.1, 0.15) is 50.6 Å². The first-order valence-electron chi connectivity index (χ1n) is 9.53. The average Bonchev–Trinajstić information content (AvgIpc) is 3.10. The molecule has 3 rings (SSSR count). The van der Waals surface area contributed by atoms with Crippen LogP contribution in [0.2, 0.25) is 0 Å². The van der Waals surface area contributed by atoms with Gasteiger partial charge in [-0.25, -0.2) is 13.6 Å². The second-order valence-corrected chi connectivity index (χ2v) is 8.02. The SMILES string of the molecule is CCCCCCCc1cc(=O)n2c(c1-c1ccc(F)c(F)c1)SCC2C(=O)O. The zero-order valence-corrected chi connectivity index (χ0v) is 16.5. The fourth-order valence-electron chi connectivity index (χ4n) is 3.58. The van der Waals surface area contributed by atoms with E-state index in [9.17, 15) is 23.5 Å². The molecule has 1 unspecified atom stereocenters. The molecule has 0 fully saturated rings. The quantitative estimate of drug-likeness (QED) is 0.623. The Bertz CT molecular complexity index is 942. The van der Waals surface area contributed by atoms with Crippen LogP contribution in [0, 0.1) is 11.6 Å². The van der Waals surface area contributed by atoms with Crippen molar-refractivity contribution in [3.8, 4) is 11.1 Å². The number of pyridine rings is 1. The summed E-state index contributed by atoms with van der Waals surface area (Å²) in [5.41, 5.74) is 1.51. The molecule has 2 heterocycles. The van der Waals surface area contributed by atoms with Gasteiger partial charge in [-0.3, -0.25) is 9.36 Å². The second kappa shape index (κ2) is 8.90. The van der Waals surface area contributed by atoms with Gasteiger partial charge in [-0.15, -0.1) is 11.8 Å². The highest BCUT2D eigenvalue weighted by Crippen LogP contribution is 2.41. The molecule has 150 valence electrons. The van der Waals surface area contributed by atoms with E-state index in [0.29, 0.717) is 22.6 Å². The maximum absolute atomic E-state index is 13.9. The number of hydrogen-bond donors (Lipinski definition) is 1. The van der Waals surface area contributed by atoms with Gasteiger partial charge in [-0.05, 0) is 36.1 Å². The van der Waals surface area contributed by atoms with Crippen molar-refractivity contribution in [2.24, 2.45) is 0 Å². The second-order valence-electron chi connectivity index (χ2n) is 7.02. The Morgan fingerprint density at radius 2 is 1.93 bits per heavy atom. The lowest BCUT2D eigenvalue weighted by molar-refractivity contribution is -0.140. The van der Waals surface area contributed by atoms with Crippen molar-refractivity contribution in [3.63, 3.8) is 0 Å². The lowest BCUT2D eigenvalue weighted by Gasteiger charge is -2.17. The van der Waals surface area contributed by atoms with E-state index in [4.69, 9.17) is 0 Å². The molecule has 1 N–H and O–H groups in total. The third kappa shape index (κ3) is 4.14. The Hall–Kier alpha value is -2.15. The van der Waals surface area contributed by atoms with Gasteiger partial charge in [0.25, 0.3) is 5.56 Å². The Kier molecular flexibility index (Phi) is 6.54. The number of aromatic nitrogens is 1. The van der Waals surface area contributed by atoms with Gasteiger partial charge in [0.1, 0.15) is 6.04 Å². The summed E-state index contributed by atoms with van der Waals surface area (Å²) in [6.45, 7) is 2.14. The molecule has 0 saturated heterocycles. The van der Waals surface area contributed by atoms with Crippen LogP contribution < -0.4 is 5.56 Å². The van der Waals surface area contributed by atoms with Crippen molar-refractivity contribution >= 4 is 17.7 Å². The fourth-order valence-corrected chi connectivity index (χ4v) is 4.93. The molecule has 1 aliphatic heterocycles. The predicted molar refractivity (Wildman–Crippen MR) is 106 cm³/mol. The standard InChI is InChI=1S/C21H23F2NO3S/c1-2-3-4-5-6-7-13-11-18(25)24-17(21(26)27)12-28-20(24)19(13)14-8-9-15(22)16(23)10-14/h8-11,17H,2-7,12H2,1H3,(H,26,27). The molecule has 0 spiro atoms. The van der Waals surface area contributed by atoms with Crippen molar-refractivity contribution in [2.75, 3.05) is 5.75 Å². The molecule has 1 atom stereocenters. The Balaban J connectivity index is 2.06. The van der Waals surface area contributed by atoms with Gasteiger partial charge in [0.15, 0.2) is 11.6 Å². The number of nitrogens with zero attached hydrogens (tertiary/aromatic N) is 1. The zero-order valence-electron chi connectivity index (χ0n) is 15.7. The van der Waals surface area contributed by atoms with Gasteiger partial charge in [-0.1, -0.05) is 38.7 Å². The van der Waals surface area contributed by atoms with Crippen molar-refractivity contribution in [1.82, 2.24) is 4.57 Å². The number of halogens is 2. The number of unbranched alkanes of at least 4 members (excludes halogenated alkanes) is 4. The van der Waals surface area contributed by atoms with E-state index in [1.54, 1.807) is 0 Å². The number of carboxylic acids is 1. The molecule has 2 aromatic rings. The van der Waals surface area contributed by atoms with Gasteiger partial charge < -0.3 is 5.11 Å². The van der Waals surface area contributed by atoms with E-state index in [1.807, 2.05) is 0 Å². The van der Waals surface area contributed by atoms with Crippen LogP contribution in [-0.4, -0.2) is 21.4 Å². The van der Waals surface area contributed by atoms with Crippen LogP contribution in [0.4, 0.5) is 8.78 Å². The van der Waals surface area contributed by atoms with Gasteiger partial charge in [0, 0.05) is 17.4 Å². The number of benzene rings is 1. The molecule has 1 aromatic heterocycles. The van der Waals surface area contributed by atoms with Crippen LogP contribution in [-0.2, 0) is 11.2 Å². The van der Waals surface area contributed by atoms with Crippen LogP contribution in [0.15, 0.2) is 34.1 Å². The molecule has 4 nitrogen and oxygen atoms in total. The monoisotopic (exact) mass is 407 g/mol. The van der Waals surface area contributed by atoms with Crippen molar-refractivity contribution in [1.29, 1.82) is 0 Å². The van der Waals surface area contributed by atoms with Crippen LogP contribution in [0.5, 0.6) is 0 Å². The highest BCUT2D eigenvalue weighted by molar-refractivity contribution is 7.99. The number of thioether (sulfide) groups is 1. The smallest absolute Gasteiger partial charge is 0.327 e. The Morgan fingerprint density at radius 1 is 1.18 bits per heavy atom. The summed E-state index contributed by atoms with van der Waals surface area (Å²) in [4.78, 5) is 24.2. The average molecular weight is 407 g/mol. The summed E-state index contributed by atoms with van der Waals surface area (Å²) < 4.78 is 28.6.